The summed E-state index contributed by atoms with van der Waals surface area (Å²) in [6.07, 6.45) is 7.88. The zero-order chi connectivity index (χ0) is 38.6. The van der Waals surface area contributed by atoms with E-state index in [1.54, 1.807) is 11.0 Å². The number of carbonyl (C=O) groups is 4. The fourth-order valence-corrected chi connectivity index (χ4v) is 8.81. The Hall–Kier alpha value is -3.84. The van der Waals surface area contributed by atoms with E-state index in [2.05, 4.69) is 32.2 Å². The van der Waals surface area contributed by atoms with Crippen molar-refractivity contribution >= 4 is 45.6 Å². The number of nitrogens with one attached hydrogen (secondary N) is 1. The molecule has 0 saturated carbocycles. The Bertz CT molecular complexity index is 1570. The van der Waals surface area contributed by atoms with Gasteiger partial charge < -0.3 is 39.5 Å². The third kappa shape index (κ3) is 11.3. The second-order valence-corrected chi connectivity index (χ2v) is 15.9. The van der Waals surface area contributed by atoms with E-state index in [1.165, 1.54) is 25.5 Å². The van der Waals surface area contributed by atoms with Crippen molar-refractivity contribution in [3.05, 3.63) is 58.1 Å². The van der Waals surface area contributed by atoms with Crippen LogP contribution in [0.3, 0.4) is 0 Å². The van der Waals surface area contributed by atoms with Gasteiger partial charge in [-0.3, -0.25) is 9.59 Å². The van der Waals surface area contributed by atoms with Crippen molar-refractivity contribution in [2.75, 3.05) is 71.4 Å². The molecule has 4 aliphatic heterocycles. The van der Waals surface area contributed by atoms with Gasteiger partial charge in [0.25, 0.3) is 0 Å². The van der Waals surface area contributed by atoms with Gasteiger partial charge >= 0.3 is 18.1 Å². The topological polar surface area (TPSA) is 132 Å². The number of phenolic OH excluding ortho intramolecular Hbond substituents is 1. The second kappa shape index (κ2) is 20.2. The summed E-state index contributed by atoms with van der Waals surface area (Å²) in [7, 11) is 1.40. The van der Waals surface area contributed by atoms with Crippen molar-refractivity contribution < 1.29 is 33.8 Å². The molecule has 4 heterocycles. The summed E-state index contributed by atoms with van der Waals surface area (Å²) in [5.41, 5.74) is 3.13. The number of halogens is 1. The third-order valence-corrected chi connectivity index (χ3v) is 12.2. The summed E-state index contributed by atoms with van der Waals surface area (Å²) < 4.78 is 10.4. The molecule has 0 spiro atoms. The standard InChI is InChI=1S/C25H37BrN2O4.C16H21N3O3/c1-3-32-24(30)10-13-27-11-6-20(7-12-27)21-8-14-28(15-9-21)25(31)18(2)16-19-4-5-23(29)22(26)17-19;1-22-16(21)18-9-7-13(8-10-18)19-11-6-12-4-2-3-5-14(12)17-15(19)20/h4-5,17-18,20-21,29H,3,6-16H2,1-2H3;2-5,13H,6-11H2,1H3,(H,17,20)/t18-;/m1./s1. The first-order valence-electron chi connectivity index (χ1n) is 19.7. The van der Waals surface area contributed by atoms with Crippen molar-refractivity contribution in [2.45, 2.75) is 77.7 Å². The molecule has 2 aromatic carbocycles. The lowest BCUT2D eigenvalue weighted by Crippen LogP contribution is -2.50. The zero-order valence-electron chi connectivity index (χ0n) is 32.1. The monoisotopic (exact) mass is 811 g/mol. The van der Waals surface area contributed by atoms with Gasteiger partial charge in [-0.05, 0) is 128 Å². The smallest absolute Gasteiger partial charge is 0.409 e. The molecule has 3 fully saturated rings. The number of hydrogen-bond acceptors (Lipinski definition) is 8. The molecule has 2 N–H and O–H groups in total. The molecule has 6 rings (SSSR count). The Morgan fingerprint density at radius 1 is 0.907 bits per heavy atom. The Morgan fingerprint density at radius 2 is 1.56 bits per heavy atom. The van der Waals surface area contributed by atoms with Crippen LogP contribution >= 0.6 is 15.9 Å². The van der Waals surface area contributed by atoms with Crippen molar-refractivity contribution in [3.63, 3.8) is 0 Å². The number of methoxy groups -OCH3 is 1. The summed E-state index contributed by atoms with van der Waals surface area (Å²) >= 11 is 3.35. The number of urea groups is 1. The molecule has 0 aliphatic carbocycles. The van der Waals surface area contributed by atoms with Gasteiger partial charge in [0.05, 0.1) is 24.6 Å². The molecule has 0 unspecified atom stereocenters. The van der Waals surface area contributed by atoms with Crippen LogP contribution < -0.4 is 5.32 Å². The predicted molar refractivity (Wildman–Crippen MR) is 211 cm³/mol. The summed E-state index contributed by atoms with van der Waals surface area (Å²) in [6.45, 7) is 10.9. The molecule has 3 saturated heterocycles. The van der Waals surface area contributed by atoms with Crippen molar-refractivity contribution in [1.82, 2.24) is 19.6 Å². The number of ether oxygens (including phenoxy) is 2. The molecule has 54 heavy (non-hydrogen) atoms. The maximum atomic E-state index is 13.0. The van der Waals surface area contributed by atoms with Crippen LogP contribution in [-0.4, -0.2) is 121 Å². The van der Waals surface area contributed by atoms with Crippen LogP contribution in [0.4, 0.5) is 15.3 Å². The van der Waals surface area contributed by atoms with E-state index < -0.39 is 0 Å². The lowest BCUT2D eigenvalue weighted by atomic mass is 9.78. The number of rotatable bonds is 9. The van der Waals surface area contributed by atoms with E-state index in [-0.39, 0.29) is 41.7 Å². The number of phenols is 1. The molecule has 0 radical (unpaired) electrons. The summed E-state index contributed by atoms with van der Waals surface area (Å²) in [6, 6.07) is 13.5. The van der Waals surface area contributed by atoms with Gasteiger partial charge in [-0.1, -0.05) is 31.2 Å². The molecule has 4 amide bonds. The van der Waals surface area contributed by atoms with Crippen LogP contribution in [0, 0.1) is 17.8 Å². The molecule has 296 valence electrons. The van der Waals surface area contributed by atoms with E-state index in [4.69, 9.17) is 9.47 Å². The van der Waals surface area contributed by atoms with Crippen molar-refractivity contribution in [3.8, 4) is 5.75 Å². The Labute approximate surface area is 328 Å². The average molecular weight is 813 g/mol. The third-order valence-electron chi connectivity index (χ3n) is 11.5. The average Bonchev–Trinajstić information content (AvgIpc) is 3.36. The summed E-state index contributed by atoms with van der Waals surface area (Å²) in [4.78, 5) is 56.6. The fourth-order valence-electron chi connectivity index (χ4n) is 8.38. The van der Waals surface area contributed by atoms with Gasteiger partial charge in [0.15, 0.2) is 0 Å². The van der Waals surface area contributed by atoms with Crippen LogP contribution in [-0.2, 0) is 31.9 Å². The second-order valence-electron chi connectivity index (χ2n) is 15.0. The Morgan fingerprint density at radius 3 is 2.20 bits per heavy atom. The minimum atomic E-state index is -0.286. The molecule has 13 heteroatoms. The highest BCUT2D eigenvalue weighted by atomic mass is 79.9. The number of nitrogens with zero attached hydrogens (tertiary/aromatic N) is 4. The minimum absolute atomic E-state index is 0.0403. The maximum Gasteiger partial charge on any atom is 0.409 e. The first-order chi connectivity index (χ1) is 26.1. The molecule has 0 bridgehead atoms. The van der Waals surface area contributed by atoms with Gasteiger partial charge in [-0.25, -0.2) is 9.59 Å². The number of esters is 1. The SMILES string of the molecule is CCOC(=O)CCN1CCC(C2CCN(C(=O)[C@H](C)Cc3ccc(O)c(Br)c3)CC2)CC1.COC(=O)N1CCC(N2CCc3ccccc3NC2=O)CC1. The molecule has 0 aromatic heterocycles. The predicted octanol–water partition coefficient (Wildman–Crippen LogP) is 6.54. The van der Waals surface area contributed by atoms with Gasteiger partial charge in [0.1, 0.15) is 5.75 Å². The molecular formula is C41H58BrN5O7. The van der Waals surface area contributed by atoms with Gasteiger partial charge in [-0.15, -0.1) is 0 Å². The number of aromatic hydroxyl groups is 1. The van der Waals surface area contributed by atoms with Crippen LogP contribution in [0.5, 0.6) is 5.75 Å². The maximum absolute atomic E-state index is 13.0. The highest BCUT2D eigenvalue weighted by Crippen LogP contribution is 2.33. The molecule has 4 aliphatic rings. The first kappa shape index (κ1) is 41.3. The van der Waals surface area contributed by atoms with E-state index >= 15 is 0 Å². The Balaban J connectivity index is 0.000000222. The first-order valence-corrected chi connectivity index (χ1v) is 20.5. The largest absolute Gasteiger partial charge is 0.507 e. The fraction of sp³-hybridized carbons (Fsp3) is 0.610. The van der Waals surface area contributed by atoms with Crippen LogP contribution in [0.1, 0.15) is 69.9 Å². The minimum Gasteiger partial charge on any atom is -0.507 e. The molecule has 1 atom stereocenters. The normalized spacial score (nSPS) is 19.5. The lowest BCUT2D eigenvalue weighted by molar-refractivity contribution is -0.143. The lowest BCUT2D eigenvalue weighted by Gasteiger charge is -2.40. The molecular weight excluding hydrogens is 754 g/mol. The molecule has 12 nitrogen and oxygen atoms in total. The molecule has 2 aromatic rings. The van der Waals surface area contributed by atoms with Crippen LogP contribution in [0.2, 0.25) is 0 Å². The van der Waals surface area contributed by atoms with E-state index in [1.807, 2.05) is 54.0 Å². The zero-order valence-corrected chi connectivity index (χ0v) is 33.7. The van der Waals surface area contributed by atoms with E-state index in [0.717, 1.165) is 82.0 Å². The number of para-hydroxylation sites is 1. The van der Waals surface area contributed by atoms with Crippen molar-refractivity contribution in [1.29, 1.82) is 0 Å². The van der Waals surface area contributed by atoms with Crippen LogP contribution in [0.15, 0.2) is 46.9 Å². The number of anilines is 1. The van der Waals surface area contributed by atoms with E-state index in [0.29, 0.717) is 49.5 Å². The van der Waals surface area contributed by atoms with Crippen molar-refractivity contribution in [2.24, 2.45) is 17.8 Å². The number of amides is 4. The summed E-state index contributed by atoms with van der Waals surface area (Å²) in [5, 5.41) is 12.7. The highest BCUT2D eigenvalue weighted by Gasteiger charge is 2.33. The number of benzene rings is 2. The quantitative estimate of drug-likeness (QED) is 0.273. The highest BCUT2D eigenvalue weighted by molar-refractivity contribution is 9.10. The Kier molecular flexibility index (Phi) is 15.4. The van der Waals surface area contributed by atoms with Gasteiger partial charge in [0, 0.05) is 56.9 Å². The number of likely N-dealkylation sites (tertiary alicyclic amines) is 3. The number of piperidine rings is 3. The number of hydrogen-bond donors (Lipinski definition) is 2. The number of fused-ring (bicyclic) bond motifs is 1. The van der Waals surface area contributed by atoms with Gasteiger partial charge in [-0.2, -0.15) is 0 Å². The summed E-state index contributed by atoms with van der Waals surface area (Å²) in [5.74, 6) is 1.73. The number of carbonyl (C=O) groups excluding carboxylic acids is 4. The van der Waals surface area contributed by atoms with Gasteiger partial charge in [0.2, 0.25) is 5.91 Å². The van der Waals surface area contributed by atoms with E-state index in [9.17, 15) is 24.3 Å². The van der Waals surface area contributed by atoms with Crippen LogP contribution in [0.25, 0.3) is 0 Å².